The minimum absolute atomic E-state index is 0.457. The quantitative estimate of drug-likeness (QED) is 0.637. The average Bonchev–Trinajstić information content (AvgIpc) is 3.33. The molecule has 9 heteroatoms. The number of allylic oxidation sites excluding steroid dienone is 1. The van der Waals surface area contributed by atoms with Gasteiger partial charge in [0.15, 0.2) is 35.8 Å². The summed E-state index contributed by atoms with van der Waals surface area (Å²) in [6.45, 7) is 7.40. The van der Waals surface area contributed by atoms with E-state index in [0.29, 0.717) is 29.3 Å². The predicted octanol–water partition coefficient (Wildman–Crippen LogP) is 4.15. The zero-order valence-corrected chi connectivity index (χ0v) is 18.5. The van der Waals surface area contributed by atoms with Gasteiger partial charge in [0.25, 0.3) is 5.79 Å². The molecule has 0 saturated carbocycles. The van der Waals surface area contributed by atoms with Crippen molar-refractivity contribution < 1.29 is 33.2 Å². The van der Waals surface area contributed by atoms with E-state index in [4.69, 9.17) is 49.8 Å². The van der Waals surface area contributed by atoms with E-state index in [0.717, 1.165) is 11.4 Å². The summed E-state index contributed by atoms with van der Waals surface area (Å²) in [6, 6.07) is 7.27. The first-order valence-electron chi connectivity index (χ1n) is 10.5. The van der Waals surface area contributed by atoms with Crippen molar-refractivity contribution in [3.8, 4) is 0 Å². The predicted molar refractivity (Wildman–Crippen MR) is 108 cm³/mol. The Bertz CT molecular complexity index is 988. The number of benzene rings is 1. The highest BCUT2D eigenvalue weighted by Gasteiger charge is 2.65. The number of hydrogen-bond donors (Lipinski definition) is 0. The van der Waals surface area contributed by atoms with Crippen LogP contribution in [0.2, 0.25) is 5.02 Å². The van der Waals surface area contributed by atoms with Crippen molar-refractivity contribution in [3.05, 3.63) is 40.8 Å². The van der Waals surface area contributed by atoms with Crippen molar-refractivity contribution in [2.24, 2.45) is 4.99 Å². The van der Waals surface area contributed by atoms with Gasteiger partial charge < -0.3 is 33.2 Å². The Hall–Kier alpha value is -1.68. The fourth-order valence-electron chi connectivity index (χ4n) is 4.69. The van der Waals surface area contributed by atoms with E-state index >= 15 is 0 Å². The summed E-state index contributed by atoms with van der Waals surface area (Å²) >= 11 is 6.04. The minimum Gasteiger partial charge on any atom is -0.462 e. The first-order chi connectivity index (χ1) is 14.6. The zero-order valence-electron chi connectivity index (χ0n) is 17.7. The van der Waals surface area contributed by atoms with Gasteiger partial charge in [0.2, 0.25) is 6.29 Å². The number of aliphatic imine (C=N–C) groups is 1. The van der Waals surface area contributed by atoms with Crippen molar-refractivity contribution >= 4 is 23.0 Å². The number of fused-ring (bicyclic) bond motifs is 3. The molecular formula is C22H24ClNO7. The van der Waals surface area contributed by atoms with Crippen LogP contribution in [0.25, 0.3) is 0 Å². The van der Waals surface area contributed by atoms with Gasteiger partial charge in [-0.25, -0.2) is 4.99 Å². The lowest BCUT2D eigenvalue weighted by Crippen LogP contribution is -2.46. The van der Waals surface area contributed by atoms with E-state index in [1.165, 1.54) is 0 Å². The van der Waals surface area contributed by atoms with Gasteiger partial charge in [-0.15, -0.1) is 0 Å². The number of nitrogens with zero attached hydrogens (tertiary/aromatic N) is 1. The van der Waals surface area contributed by atoms with Gasteiger partial charge in [-0.2, -0.15) is 0 Å². The van der Waals surface area contributed by atoms with Crippen molar-refractivity contribution in [1.29, 1.82) is 0 Å². The molecule has 1 aromatic carbocycles. The SMILES string of the molecule is CC1(C)O[C@H]2O[C@@]3(CCC4=C(O3)[C@H]3OC(C)(C)O[C@H]3O4)C(=Nc3ccc(Cl)cc3)[C@H]2O1. The first kappa shape index (κ1) is 20.0. The Kier molecular flexibility index (Phi) is 4.14. The lowest BCUT2D eigenvalue weighted by molar-refractivity contribution is -0.271. The lowest BCUT2D eigenvalue weighted by Gasteiger charge is -2.36. The molecule has 0 aliphatic carbocycles. The molecule has 166 valence electrons. The maximum atomic E-state index is 6.49. The molecule has 5 atom stereocenters. The molecule has 5 aliphatic heterocycles. The van der Waals surface area contributed by atoms with Crippen LogP contribution < -0.4 is 0 Å². The Balaban J connectivity index is 1.37. The van der Waals surface area contributed by atoms with Crippen LogP contribution in [0.4, 0.5) is 5.69 Å². The molecule has 0 radical (unpaired) electrons. The molecule has 0 amide bonds. The van der Waals surface area contributed by atoms with Crippen LogP contribution in [0.5, 0.6) is 0 Å². The minimum atomic E-state index is -1.14. The van der Waals surface area contributed by atoms with Crippen LogP contribution in [-0.2, 0) is 33.2 Å². The molecule has 0 bridgehead atoms. The lowest BCUT2D eigenvalue weighted by atomic mass is 9.98. The van der Waals surface area contributed by atoms with E-state index in [1.54, 1.807) is 12.1 Å². The molecule has 0 aromatic heterocycles. The highest BCUT2D eigenvalue weighted by molar-refractivity contribution is 6.30. The van der Waals surface area contributed by atoms with E-state index < -0.39 is 42.1 Å². The van der Waals surface area contributed by atoms with Crippen LogP contribution in [0, 0.1) is 0 Å². The second-order valence-electron chi connectivity index (χ2n) is 9.20. The summed E-state index contributed by atoms with van der Waals surface area (Å²) in [5.41, 5.74) is 1.35. The maximum Gasteiger partial charge on any atom is 0.255 e. The van der Waals surface area contributed by atoms with E-state index in [1.807, 2.05) is 39.8 Å². The average molecular weight is 450 g/mol. The van der Waals surface area contributed by atoms with Crippen molar-refractivity contribution in [3.63, 3.8) is 0 Å². The summed E-state index contributed by atoms with van der Waals surface area (Å²) < 4.78 is 42.8. The molecule has 31 heavy (non-hydrogen) atoms. The monoisotopic (exact) mass is 449 g/mol. The van der Waals surface area contributed by atoms with E-state index in [2.05, 4.69) is 0 Å². The standard InChI is InChI=1S/C22H24ClNO7/c1-20(2)26-15-14-13(25-18(15)29-20)9-10-22(28-14)17(24-12-7-5-11(23)6-8-12)16-19(31-22)30-21(3,4)27-16/h5-8,15-16,18-19H,9-10H2,1-4H3/t15-,16-,18-,19+,22+/m1/s1. The van der Waals surface area contributed by atoms with E-state index in [9.17, 15) is 0 Å². The smallest absolute Gasteiger partial charge is 0.255 e. The van der Waals surface area contributed by atoms with Crippen LogP contribution in [0.1, 0.15) is 40.5 Å². The normalized spacial score (nSPS) is 40.6. The van der Waals surface area contributed by atoms with Crippen LogP contribution in [0.3, 0.4) is 0 Å². The Morgan fingerprint density at radius 3 is 2.29 bits per heavy atom. The number of halogens is 1. The third-order valence-corrected chi connectivity index (χ3v) is 6.16. The Morgan fingerprint density at radius 1 is 0.871 bits per heavy atom. The summed E-state index contributed by atoms with van der Waals surface area (Å²) in [5.74, 6) is -1.37. The van der Waals surface area contributed by atoms with Gasteiger partial charge in [0, 0.05) is 17.9 Å². The van der Waals surface area contributed by atoms with Gasteiger partial charge in [-0.1, -0.05) is 11.6 Å². The summed E-state index contributed by atoms with van der Waals surface area (Å²) in [7, 11) is 0. The molecule has 0 N–H and O–H groups in total. The fraction of sp³-hybridized carbons (Fsp3) is 0.591. The molecule has 3 saturated heterocycles. The fourth-order valence-corrected chi connectivity index (χ4v) is 4.81. The second-order valence-corrected chi connectivity index (χ2v) is 9.64. The topological polar surface area (TPSA) is 77.0 Å². The Labute approximate surface area is 185 Å². The largest absolute Gasteiger partial charge is 0.462 e. The molecule has 5 heterocycles. The third kappa shape index (κ3) is 3.20. The highest BCUT2D eigenvalue weighted by atomic mass is 35.5. The molecular weight excluding hydrogens is 426 g/mol. The third-order valence-electron chi connectivity index (χ3n) is 5.91. The van der Waals surface area contributed by atoms with Crippen LogP contribution in [0.15, 0.2) is 40.8 Å². The number of rotatable bonds is 1. The van der Waals surface area contributed by atoms with Gasteiger partial charge >= 0.3 is 0 Å². The van der Waals surface area contributed by atoms with Crippen molar-refractivity contribution in [1.82, 2.24) is 0 Å². The summed E-state index contributed by atoms with van der Waals surface area (Å²) in [5, 5.41) is 0.639. The molecule has 1 aromatic rings. The number of ether oxygens (including phenoxy) is 7. The number of hydrogen-bond acceptors (Lipinski definition) is 8. The molecule has 6 rings (SSSR count). The molecule has 1 spiro atoms. The first-order valence-corrected chi connectivity index (χ1v) is 10.8. The van der Waals surface area contributed by atoms with Crippen LogP contribution >= 0.6 is 11.6 Å². The van der Waals surface area contributed by atoms with E-state index in [-0.39, 0.29) is 0 Å². The van der Waals surface area contributed by atoms with Gasteiger partial charge in [-0.05, 0) is 52.0 Å². The Morgan fingerprint density at radius 2 is 1.55 bits per heavy atom. The highest BCUT2D eigenvalue weighted by Crippen LogP contribution is 2.51. The second kappa shape index (κ2) is 6.43. The zero-order chi connectivity index (χ0) is 21.6. The summed E-state index contributed by atoms with van der Waals surface area (Å²) in [4.78, 5) is 4.88. The van der Waals surface area contributed by atoms with Crippen molar-refractivity contribution in [2.75, 3.05) is 0 Å². The molecule has 3 fully saturated rings. The summed E-state index contributed by atoms with van der Waals surface area (Å²) in [6.07, 6.45) is -1.01. The molecule has 0 unspecified atom stereocenters. The van der Waals surface area contributed by atoms with Gasteiger partial charge in [0.1, 0.15) is 11.5 Å². The molecule has 5 aliphatic rings. The maximum absolute atomic E-state index is 6.49. The van der Waals surface area contributed by atoms with Gasteiger partial charge in [0.05, 0.1) is 5.69 Å². The van der Waals surface area contributed by atoms with Gasteiger partial charge in [-0.3, -0.25) is 0 Å². The van der Waals surface area contributed by atoms with Crippen LogP contribution in [-0.4, -0.2) is 47.9 Å². The van der Waals surface area contributed by atoms with Crippen molar-refractivity contribution in [2.45, 2.75) is 82.7 Å². The molecule has 8 nitrogen and oxygen atoms in total.